The van der Waals surface area contributed by atoms with E-state index in [9.17, 15) is 4.79 Å². The molecule has 0 bridgehead atoms. The summed E-state index contributed by atoms with van der Waals surface area (Å²) in [5, 5.41) is 7.87. The zero-order valence-electron chi connectivity index (χ0n) is 11.8. The highest BCUT2D eigenvalue weighted by molar-refractivity contribution is 6.33. The van der Waals surface area contributed by atoms with E-state index in [1.807, 2.05) is 36.4 Å². The van der Waals surface area contributed by atoms with Crippen molar-refractivity contribution in [3.63, 3.8) is 0 Å². The van der Waals surface area contributed by atoms with Gasteiger partial charge in [0.05, 0.1) is 16.9 Å². The first-order valence-electron chi connectivity index (χ1n) is 6.69. The van der Waals surface area contributed by atoms with Gasteiger partial charge in [0.2, 0.25) is 5.91 Å². The highest BCUT2D eigenvalue weighted by Gasteiger charge is 2.18. The number of aromatic nitrogens is 3. The van der Waals surface area contributed by atoms with Crippen LogP contribution in [0.15, 0.2) is 54.9 Å². The van der Waals surface area contributed by atoms with Crippen LogP contribution in [0.25, 0.3) is 11.3 Å². The topological polar surface area (TPSA) is 59.8 Å². The Kier molecular flexibility index (Phi) is 3.89. The molecule has 0 unspecified atom stereocenters. The lowest BCUT2D eigenvalue weighted by atomic mass is 10.1. The second kappa shape index (κ2) is 5.99. The summed E-state index contributed by atoms with van der Waals surface area (Å²) in [6, 6.07) is 12.9. The molecule has 3 aromatic rings. The maximum Gasteiger partial charge on any atom is 0.244 e. The molecule has 0 atom stereocenters. The van der Waals surface area contributed by atoms with Crippen LogP contribution < -0.4 is 5.32 Å². The second-order valence-corrected chi connectivity index (χ2v) is 5.06. The first-order valence-corrected chi connectivity index (χ1v) is 7.06. The molecule has 0 spiro atoms. The van der Waals surface area contributed by atoms with Crippen LogP contribution in [0, 0.1) is 0 Å². The predicted octanol–water partition coefficient (Wildman–Crippen LogP) is 4.00. The van der Waals surface area contributed by atoms with Gasteiger partial charge in [-0.15, -0.1) is 0 Å². The Morgan fingerprint density at radius 3 is 2.64 bits per heavy atom. The predicted molar refractivity (Wildman–Crippen MR) is 86.5 cm³/mol. The van der Waals surface area contributed by atoms with Crippen LogP contribution >= 0.6 is 11.6 Å². The first kappa shape index (κ1) is 14.3. The monoisotopic (exact) mass is 312 g/mol. The van der Waals surface area contributed by atoms with Crippen molar-refractivity contribution >= 4 is 29.0 Å². The van der Waals surface area contributed by atoms with Gasteiger partial charge in [0.25, 0.3) is 0 Å². The highest BCUT2D eigenvalue weighted by atomic mass is 35.5. The van der Waals surface area contributed by atoms with Gasteiger partial charge in [0.1, 0.15) is 11.5 Å². The summed E-state index contributed by atoms with van der Waals surface area (Å²) in [7, 11) is 0. The lowest BCUT2D eigenvalue weighted by Gasteiger charge is -2.10. The third-order valence-electron chi connectivity index (χ3n) is 3.12. The van der Waals surface area contributed by atoms with Gasteiger partial charge in [-0.3, -0.25) is 4.79 Å². The highest BCUT2D eigenvalue weighted by Crippen LogP contribution is 2.34. The minimum Gasteiger partial charge on any atom is -0.337 e. The molecule has 0 radical (unpaired) electrons. The van der Waals surface area contributed by atoms with E-state index in [-0.39, 0.29) is 5.91 Å². The molecule has 0 aliphatic carbocycles. The minimum absolute atomic E-state index is 0.191. The molecule has 3 rings (SSSR count). The number of pyridine rings is 1. The zero-order valence-corrected chi connectivity index (χ0v) is 12.6. The molecule has 0 saturated heterocycles. The molecule has 1 N–H and O–H groups in total. The zero-order chi connectivity index (χ0) is 15.5. The molecule has 0 saturated carbocycles. The van der Waals surface area contributed by atoms with Crippen molar-refractivity contribution in [1.82, 2.24) is 14.8 Å². The van der Waals surface area contributed by atoms with Gasteiger partial charge in [-0.05, 0) is 18.2 Å². The van der Waals surface area contributed by atoms with Crippen molar-refractivity contribution < 1.29 is 4.79 Å². The summed E-state index contributed by atoms with van der Waals surface area (Å²) in [4.78, 5) is 16.0. The third kappa shape index (κ3) is 2.71. The smallest absolute Gasteiger partial charge is 0.244 e. The Morgan fingerprint density at radius 1 is 1.18 bits per heavy atom. The van der Waals surface area contributed by atoms with E-state index in [1.54, 1.807) is 18.5 Å². The van der Waals surface area contributed by atoms with Crippen LogP contribution in [0.1, 0.15) is 11.7 Å². The SMILES string of the molecule is CC(=O)n1ncc(Nc2ccccn2)c1-c1ccccc1Cl. The van der Waals surface area contributed by atoms with E-state index in [4.69, 9.17) is 11.6 Å². The van der Waals surface area contributed by atoms with Gasteiger partial charge in [-0.2, -0.15) is 9.78 Å². The van der Waals surface area contributed by atoms with Crippen molar-refractivity contribution in [2.75, 3.05) is 5.32 Å². The molecular weight excluding hydrogens is 300 g/mol. The van der Waals surface area contributed by atoms with Crippen LogP contribution in [0.4, 0.5) is 11.5 Å². The number of hydrogen-bond donors (Lipinski definition) is 1. The number of halogens is 1. The van der Waals surface area contributed by atoms with E-state index >= 15 is 0 Å². The van der Waals surface area contributed by atoms with Crippen molar-refractivity contribution in [1.29, 1.82) is 0 Å². The Hall–Kier alpha value is -2.66. The Balaban J connectivity index is 2.12. The average molecular weight is 313 g/mol. The van der Waals surface area contributed by atoms with Gasteiger partial charge in [0, 0.05) is 18.7 Å². The van der Waals surface area contributed by atoms with Crippen LogP contribution in [-0.2, 0) is 0 Å². The molecule has 5 nitrogen and oxygen atoms in total. The molecule has 6 heteroatoms. The summed E-state index contributed by atoms with van der Waals surface area (Å²) >= 11 is 6.27. The van der Waals surface area contributed by atoms with Crippen molar-refractivity contribution in [3.05, 3.63) is 59.9 Å². The second-order valence-electron chi connectivity index (χ2n) is 4.66. The average Bonchev–Trinajstić information content (AvgIpc) is 2.92. The molecule has 0 aliphatic heterocycles. The summed E-state index contributed by atoms with van der Waals surface area (Å²) in [6.45, 7) is 1.46. The molecule has 2 heterocycles. The molecule has 0 amide bonds. The number of rotatable bonds is 3. The first-order chi connectivity index (χ1) is 10.7. The molecule has 1 aromatic carbocycles. The minimum atomic E-state index is -0.191. The summed E-state index contributed by atoms with van der Waals surface area (Å²) in [5.41, 5.74) is 2.01. The Morgan fingerprint density at radius 2 is 1.95 bits per heavy atom. The van der Waals surface area contributed by atoms with E-state index in [2.05, 4.69) is 15.4 Å². The maximum atomic E-state index is 11.8. The van der Waals surface area contributed by atoms with Gasteiger partial charge in [0.15, 0.2) is 0 Å². The summed E-state index contributed by atoms with van der Waals surface area (Å²) < 4.78 is 1.33. The molecular formula is C16H13ClN4O. The Bertz CT molecular complexity index is 814. The quantitative estimate of drug-likeness (QED) is 0.794. The molecule has 0 aliphatic rings. The molecule has 22 heavy (non-hydrogen) atoms. The van der Waals surface area contributed by atoms with E-state index in [1.165, 1.54) is 11.6 Å². The van der Waals surface area contributed by atoms with Gasteiger partial charge in [-0.25, -0.2) is 4.98 Å². The number of nitrogens with one attached hydrogen (secondary N) is 1. The maximum absolute atomic E-state index is 11.8. The van der Waals surface area contributed by atoms with Crippen LogP contribution in [0.2, 0.25) is 5.02 Å². The normalized spacial score (nSPS) is 10.5. The van der Waals surface area contributed by atoms with E-state index in [0.29, 0.717) is 22.2 Å². The number of nitrogens with zero attached hydrogens (tertiary/aromatic N) is 3. The fourth-order valence-electron chi connectivity index (χ4n) is 2.17. The fraction of sp³-hybridized carbons (Fsp3) is 0.0625. The molecule has 0 fully saturated rings. The van der Waals surface area contributed by atoms with Crippen LogP contribution in [0.3, 0.4) is 0 Å². The van der Waals surface area contributed by atoms with Crippen molar-refractivity contribution in [2.24, 2.45) is 0 Å². The number of carbonyl (C=O) groups is 1. The number of anilines is 2. The number of carbonyl (C=O) groups excluding carboxylic acids is 1. The van der Waals surface area contributed by atoms with Gasteiger partial charge < -0.3 is 5.32 Å². The van der Waals surface area contributed by atoms with E-state index < -0.39 is 0 Å². The van der Waals surface area contributed by atoms with E-state index in [0.717, 1.165) is 5.56 Å². The van der Waals surface area contributed by atoms with Gasteiger partial charge in [-0.1, -0.05) is 35.9 Å². The van der Waals surface area contributed by atoms with Gasteiger partial charge >= 0.3 is 0 Å². The molecule has 110 valence electrons. The fourth-order valence-corrected chi connectivity index (χ4v) is 2.39. The summed E-state index contributed by atoms with van der Waals surface area (Å²) in [6.07, 6.45) is 3.28. The largest absolute Gasteiger partial charge is 0.337 e. The number of hydrogen-bond acceptors (Lipinski definition) is 4. The third-order valence-corrected chi connectivity index (χ3v) is 3.45. The van der Waals surface area contributed by atoms with Crippen LogP contribution in [0.5, 0.6) is 0 Å². The Labute approximate surface area is 132 Å². The molecule has 2 aromatic heterocycles. The van der Waals surface area contributed by atoms with Crippen LogP contribution in [-0.4, -0.2) is 20.7 Å². The number of benzene rings is 1. The standard InChI is InChI=1S/C16H13ClN4O/c1-11(22)21-16(12-6-2-3-7-13(12)17)14(10-19-21)20-15-8-4-5-9-18-15/h2-10H,1H3,(H,18,20). The van der Waals surface area contributed by atoms with Crippen molar-refractivity contribution in [2.45, 2.75) is 6.92 Å². The van der Waals surface area contributed by atoms with Crippen molar-refractivity contribution in [3.8, 4) is 11.3 Å². The lowest BCUT2D eigenvalue weighted by molar-refractivity contribution is 0.0923. The summed E-state index contributed by atoms with van der Waals surface area (Å²) in [5.74, 6) is 0.475. The lowest BCUT2D eigenvalue weighted by Crippen LogP contribution is -2.09.